The van der Waals surface area contributed by atoms with Crippen LogP contribution in [0, 0.1) is 0 Å². The summed E-state index contributed by atoms with van der Waals surface area (Å²) in [5.74, 6) is 1.42. The Morgan fingerprint density at radius 3 is 2.64 bits per heavy atom. The van der Waals surface area contributed by atoms with Crippen molar-refractivity contribution in [2.24, 2.45) is 0 Å². The lowest BCUT2D eigenvalue weighted by Gasteiger charge is -2.31. The van der Waals surface area contributed by atoms with Crippen molar-refractivity contribution < 1.29 is 4.79 Å². The molecule has 1 N–H and O–H groups in total. The maximum absolute atomic E-state index is 12.9. The molecule has 3 aromatic heterocycles. The number of nitrogens with one attached hydrogen (secondary N) is 1. The molecule has 7 heteroatoms. The number of nitrogens with zero attached hydrogens (tertiary/aromatic N) is 5. The highest BCUT2D eigenvalue weighted by Gasteiger charge is 2.26. The topological polar surface area (TPSA) is 79.7 Å². The SMILES string of the molecule is O=C(c1cnc2c(c1)ncn2-c1ccccc1)N1CCC(c2ncc[nH]2)CC1. The standard InChI is InChI=1S/C21H20N6O/c28-21(26-10-6-15(7-11-26)19-22-8-9-23-19)16-12-18-20(24-13-16)27(14-25-18)17-4-2-1-3-5-17/h1-5,8-9,12-15H,6-7,10-11H2,(H,22,23). The van der Waals surface area contributed by atoms with Crippen LogP contribution in [0.25, 0.3) is 16.9 Å². The zero-order chi connectivity index (χ0) is 18.9. The number of likely N-dealkylation sites (tertiary alicyclic amines) is 1. The first-order chi connectivity index (χ1) is 13.8. The molecule has 1 aliphatic heterocycles. The fraction of sp³-hybridized carbons (Fsp3) is 0.238. The van der Waals surface area contributed by atoms with Crippen LogP contribution in [0.2, 0.25) is 0 Å². The second-order valence-electron chi connectivity index (χ2n) is 7.06. The van der Waals surface area contributed by atoms with Crippen LogP contribution in [-0.4, -0.2) is 48.4 Å². The molecule has 140 valence electrons. The number of aromatic nitrogens is 5. The van der Waals surface area contributed by atoms with Crippen LogP contribution in [0.4, 0.5) is 0 Å². The van der Waals surface area contributed by atoms with E-state index in [0.29, 0.717) is 11.5 Å². The molecule has 1 fully saturated rings. The quantitative estimate of drug-likeness (QED) is 0.599. The highest BCUT2D eigenvalue weighted by atomic mass is 16.2. The number of carbonyl (C=O) groups is 1. The summed E-state index contributed by atoms with van der Waals surface area (Å²) in [4.78, 5) is 31.3. The highest BCUT2D eigenvalue weighted by molar-refractivity contribution is 5.96. The van der Waals surface area contributed by atoms with Gasteiger partial charge in [-0.3, -0.25) is 9.36 Å². The van der Waals surface area contributed by atoms with Gasteiger partial charge in [0, 0.05) is 43.3 Å². The number of amides is 1. The Kier molecular flexibility index (Phi) is 4.12. The third-order valence-corrected chi connectivity index (χ3v) is 5.36. The van der Waals surface area contributed by atoms with E-state index in [1.165, 1.54) is 0 Å². The maximum Gasteiger partial charge on any atom is 0.255 e. The Morgan fingerprint density at radius 2 is 1.89 bits per heavy atom. The molecule has 28 heavy (non-hydrogen) atoms. The average molecular weight is 372 g/mol. The van der Waals surface area contributed by atoms with Gasteiger partial charge in [0.1, 0.15) is 17.7 Å². The number of imidazole rings is 2. The number of benzene rings is 1. The Hall–Kier alpha value is -3.48. The first-order valence-corrected chi connectivity index (χ1v) is 9.46. The molecule has 1 saturated heterocycles. The monoisotopic (exact) mass is 372 g/mol. The zero-order valence-electron chi connectivity index (χ0n) is 15.3. The lowest BCUT2D eigenvalue weighted by atomic mass is 9.96. The molecular formula is C21H20N6O. The van der Waals surface area contributed by atoms with Crippen molar-refractivity contribution in [2.45, 2.75) is 18.8 Å². The minimum Gasteiger partial charge on any atom is -0.348 e. The molecule has 0 atom stereocenters. The van der Waals surface area contributed by atoms with E-state index in [1.807, 2.05) is 52.1 Å². The van der Waals surface area contributed by atoms with Gasteiger partial charge in [0.2, 0.25) is 0 Å². The highest BCUT2D eigenvalue weighted by Crippen LogP contribution is 2.26. The van der Waals surface area contributed by atoms with Crippen molar-refractivity contribution in [2.75, 3.05) is 13.1 Å². The van der Waals surface area contributed by atoms with Crippen molar-refractivity contribution in [3.8, 4) is 5.69 Å². The number of hydrogen-bond acceptors (Lipinski definition) is 4. The molecule has 1 amide bonds. The molecule has 0 radical (unpaired) electrons. The van der Waals surface area contributed by atoms with Crippen molar-refractivity contribution >= 4 is 17.1 Å². The van der Waals surface area contributed by atoms with Crippen molar-refractivity contribution in [1.29, 1.82) is 0 Å². The third kappa shape index (κ3) is 2.94. The van der Waals surface area contributed by atoms with Crippen LogP contribution in [-0.2, 0) is 0 Å². The minimum atomic E-state index is 0.0153. The number of aromatic amines is 1. The predicted molar refractivity (Wildman–Crippen MR) is 105 cm³/mol. The van der Waals surface area contributed by atoms with Crippen LogP contribution in [0.1, 0.15) is 34.9 Å². The smallest absolute Gasteiger partial charge is 0.255 e. The first kappa shape index (κ1) is 16.7. The summed E-state index contributed by atoms with van der Waals surface area (Å²) in [6, 6.07) is 11.8. The molecule has 0 unspecified atom stereocenters. The summed E-state index contributed by atoms with van der Waals surface area (Å²) >= 11 is 0. The first-order valence-electron chi connectivity index (χ1n) is 9.46. The van der Waals surface area contributed by atoms with Crippen LogP contribution in [0.3, 0.4) is 0 Å². The van der Waals surface area contributed by atoms with E-state index in [9.17, 15) is 4.79 Å². The number of pyridine rings is 1. The van der Waals surface area contributed by atoms with Crippen molar-refractivity contribution in [1.82, 2.24) is 29.4 Å². The Morgan fingerprint density at radius 1 is 1.07 bits per heavy atom. The van der Waals surface area contributed by atoms with Gasteiger partial charge in [0.05, 0.1) is 5.56 Å². The summed E-state index contributed by atoms with van der Waals surface area (Å²) in [6.45, 7) is 1.45. The molecule has 4 heterocycles. The second kappa shape index (κ2) is 6.92. The molecule has 0 aliphatic carbocycles. The largest absolute Gasteiger partial charge is 0.348 e. The molecule has 1 aromatic carbocycles. The molecule has 7 nitrogen and oxygen atoms in total. The molecule has 4 aromatic rings. The van der Waals surface area contributed by atoms with Crippen LogP contribution >= 0.6 is 0 Å². The number of rotatable bonds is 3. The summed E-state index contributed by atoms with van der Waals surface area (Å²) < 4.78 is 1.93. The fourth-order valence-electron chi connectivity index (χ4n) is 3.84. The van der Waals surface area contributed by atoms with Gasteiger partial charge in [-0.05, 0) is 31.0 Å². The zero-order valence-corrected chi connectivity index (χ0v) is 15.3. The Balaban J connectivity index is 1.34. The van der Waals surface area contributed by atoms with E-state index < -0.39 is 0 Å². The lowest BCUT2D eigenvalue weighted by molar-refractivity contribution is 0.0711. The van der Waals surface area contributed by atoms with Crippen LogP contribution < -0.4 is 0 Å². The minimum absolute atomic E-state index is 0.0153. The Labute approximate surface area is 162 Å². The number of piperidine rings is 1. The van der Waals surface area contributed by atoms with Crippen LogP contribution in [0.15, 0.2) is 61.3 Å². The normalized spacial score (nSPS) is 15.2. The van der Waals surface area contributed by atoms with E-state index in [1.54, 1.807) is 18.7 Å². The number of fused-ring (bicyclic) bond motifs is 1. The van der Waals surface area contributed by atoms with Gasteiger partial charge in [0.15, 0.2) is 5.65 Å². The third-order valence-electron chi connectivity index (χ3n) is 5.36. The number of carbonyl (C=O) groups excluding carboxylic acids is 1. The second-order valence-corrected chi connectivity index (χ2v) is 7.06. The van der Waals surface area contributed by atoms with Gasteiger partial charge in [0.25, 0.3) is 5.91 Å². The van der Waals surface area contributed by atoms with E-state index in [4.69, 9.17) is 0 Å². The van der Waals surface area contributed by atoms with Gasteiger partial charge in [-0.2, -0.15) is 0 Å². The Bertz CT molecular complexity index is 1090. The van der Waals surface area contributed by atoms with E-state index >= 15 is 0 Å². The van der Waals surface area contributed by atoms with Crippen LogP contribution in [0.5, 0.6) is 0 Å². The molecule has 0 bridgehead atoms. The predicted octanol–water partition coefficient (Wildman–Crippen LogP) is 3.16. The molecule has 0 spiro atoms. The van der Waals surface area contributed by atoms with Crippen molar-refractivity contribution in [3.05, 3.63) is 72.7 Å². The van der Waals surface area contributed by atoms with E-state index in [2.05, 4.69) is 19.9 Å². The molecular weight excluding hydrogens is 352 g/mol. The van der Waals surface area contributed by atoms with Gasteiger partial charge in [-0.25, -0.2) is 15.0 Å². The average Bonchev–Trinajstić information content (AvgIpc) is 3.44. The summed E-state index contributed by atoms with van der Waals surface area (Å²) in [6.07, 6.45) is 8.86. The van der Waals surface area contributed by atoms with E-state index in [0.717, 1.165) is 48.6 Å². The van der Waals surface area contributed by atoms with E-state index in [-0.39, 0.29) is 5.91 Å². The fourth-order valence-corrected chi connectivity index (χ4v) is 3.84. The summed E-state index contributed by atoms with van der Waals surface area (Å²) in [5, 5.41) is 0. The molecule has 0 saturated carbocycles. The van der Waals surface area contributed by atoms with Gasteiger partial charge < -0.3 is 9.88 Å². The number of para-hydroxylation sites is 1. The number of H-pyrrole nitrogens is 1. The van der Waals surface area contributed by atoms with Gasteiger partial charge in [-0.1, -0.05) is 18.2 Å². The summed E-state index contributed by atoms with van der Waals surface area (Å²) in [7, 11) is 0. The van der Waals surface area contributed by atoms with Crippen molar-refractivity contribution in [3.63, 3.8) is 0 Å². The number of hydrogen-bond donors (Lipinski definition) is 1. The maximum atomic E-state index is 12.9. The lowest BCUT2D eigenvalue weighted by Crippen LogP contribution is -2.38. The molecule has 1 aliphatic rings. The van der Waals surface area contributed by atoms with Gasteiger partial charge >= 0.3 is 0 Å². The molecule has 5 rings (SSSR count). The summed E-state index contributed by atoms with van der Waals surface area (Å²) in [5.41, 5.74) is 3.05. The van der Waals surface area contributed by atoms with Gasteiger partial charge in [-0.15, -0.1) is 0 Å².